The number of hydrogen-bond donors (Lipinski definition) is 1. The van der Waals surface area contributed by atoms with Gasteiger partial charge in [-0.25, -0.2) is 0 Å². The topological polar surface area (TPSA) is 49.8 Å². The molecule has 1 saturated carbocycles. The minimum Gasteiger partial charge on any atom is -0.481 e. The third-order valence-corrected chi connectivity index (χ3v) is 5.39. The van der Waals surface area contributed by atoms with Crippen LogP contribution in [0.4, 0.5) is 0 Å². The van der Waals surface area contributed by atoms with Gasteiger partial charge in [-0.1, -0.05) is 6.42 Å². The molecule has 0 aromatic carbocycles. The molecule has 108 valence electrons. The Kier molecular flexibility index (Phi) is 3.81. The Labute approximate surface area is 115 Å². The molecule has 4 heteroatoms. The molecule has 0 spiro atoms. The number of rotatable bonds is 3. The Morgan fingerprint density at radius 1 is 1.26 bits per heavy atom. The maximum Gasteiger partial charge on any atom is 0.313 e. The van der Waals surface area contributed by atoms with Gasteiger partial charge in [0.05, 0.1) is 6.61 Å². The van der Waals surface area contributed by atoms with Crippen LogP contribution in [0.1, 0.15) is 44.9 Å². The van der Waals surface area contributed by atoms with E-state index in [1.54, 1.807) is 0 Å². The third-order valence-electron chi connectivity index (χ3n) is 5.39. The minimum absolute atomic E-state index is 0.399. The summed E-state index contributed by atoms with van der Waals surface area (Å²) in [5.74, 6) is 0.163. The van der Waals surface area contributed by atoms with Gasteiger partial charge in [0.1, 0.15) is 5.41 Å². The number of aliphatic carboxylic acids is 1. The highest BCUT2D eigenvalue weighted by Gasteiger charge is 2.45. The number of carboxylic acid groups (broad SMARTS) is 1. The number of carboxylic acids is 1. The van der Waals surface area contributed by atoms with Crippen LogP contribution >= 0.6 is 0 Å². The normalized spacial score (nSPS) is 40.0. The van der Waals surface area contributed by atoms with Gasteiger partial charge in [0.2, 0.25) is 0 Å². The van der Waals surface area contributed by atoms with Crippen LogP contribution in [-0.4, -0.2) is 48.3 Å². The van der Waals surface area contributed by atoms with Crippen LogP contribution in [0.5, 0.6) is 0 Å². The predicted octanol–water partition coefficient (Wildman–Crippen LogP) is 2.13. The molecule has 2 heterocycles. The van der Waals surface area contributed by atoms with Gasteiger partial charge in [-0.3, -0.25) is 9.69 Å². The lowest BCUT2D eigenvalue weighted by molar-refractivity contribution is -0.160. The molecule has 3 aliphatic rings. The van der Waals surface area contributed by atoms with Crippen LogP contribution in [0.15, 0.2) is 0 Å². The molecule has 1 aliphatic carbocycles. The maximum atomic E-state index is 11.7. The summed E-state index contributed by atoms with van der Waals surface area (Å²) in [4.78, 5) is 14.2. The zero-order chi connectivity index (χ0) is 13.3. The Morgan fingerprint density at radius 3 is 2.84 bits per heavy atom. The van der Waals surface area contributed by atoms with E-state index in [2.05, 4.69) is 4.90 Å². The standard InChI is InChI=1S/C15H25NO3/c17-14(18)15(7-3-9-19-11-15)10-16-8-2-5-12-4-1-6-13(12)16/h12-13H,1-11H2,(H,17,18). The summed E-state index contributed by atoms with van der Waals surface area (Å²) in [6, 6.07) is 0.645. The van der Waals surface area contributed by atoms with Crippen LogP contribution in [0.3, 0.4) is 0 Å². The molecule has 3 atom stereocenters. The van der Waals surface area contributed by atoms with Gasteiger partial charge in [0.25, 0.3) is 0 Å². The van der Waals surface area contributed by atoms with E-state index in [-0.39, 0.29) is 0 Å². The van der Waals surface area contributed by atoms with E-state index in [1.165, 1.54) is 32.1 Å². The second-order valence-corrected chi connectivity index (χ2v) is 6.61. The van der Waals surface area contributed by atoms with Gasteiger partial charge >= 0.3 is 5.97 Å². The largest absolute Gasteiger partial charge is 0.481 e. The molecule has 0 amide bonds. The summed E-state index contributed by atoms with van der Waals surface area (Å²) in [5.41, 5.74) is -0.650. The van der Waals surface area contributed by atoms with Crippen LogP contribution in [-0.2, 0) is 9.53 Å². The first kappa shape index (κ1) is 13.4. The SMILES string of the molecule is O=C(O)C1(CN2CCCC3CCCC32)CCCOC1. The number of ether oxygens (including phenoxy) is 1. The highest BCUT2D eigenvalue weighted by atomic mass is 16.5. The van der Waals surface area contributed by atoms with Gasteiger partial charge in [0.15, 0.2) is 0 Å². The molecule has 1 N–H and O–H groups in total. The summed E-state index contributed by atoms with van der Waals surface area (Å²) in [6.45, 7) is 2.90. The molecule has 3 rings (SSSR count). The fourth-order valence-electron chi connectivity index (χ4n) is 4.36. The van der Waals surface area contributed by atoms with E-state index in [1.807, 2.05) is 0 Å². The highest BCUT2D eigenvalue weighted by molar-refractivity contribution is 5.75. The summed E-state index contributed by atoms with van der Waals surface area (Å²) in [5, 5.41) is 9.65. The number of carbonyl (C=O) groups is 1. The lowest BCUT2D eigenvalue weighted by Gasteiger charge is -2.43. The van der Waals surface area contributed by atoms with Crippen LogP contribution in [0, 0.1) is 11.3 Å². The summed E-state index contributed by atoms with van der Waals surface area (Å²) in [6.07, 6.45) is 8.17. The van der Waals surface area contributed by atoms with Gasteiger partial charge in [-0.2, -0.15) is 0 Å². The lowest BCUT2D eigenvalue weighted by Crippen LogP contribution is -2.53. The molecular formula is C15H25NO3. The number of nitrogens with zero attached hydrogens (tertiary/aromatic N) is 1. The number of likely N-dealkylation sites (tertiary alicyclic amines) is 1. The molecule has 3 unspecified atom stereocenters. The van der Waals surface area contributed by atoms with E-state index in [0.29, 0.717) is 19.2 Å². The average Bonchev–Trinajstić information content (AvgIpc) is 2.89. The summed E-state index contributed by atoms with van der Waals surface area (Å²) < 4.78 is 5.49. The van der Waals surface area contributed by atoms with Crippen molar-refractivity contribution in [2.24, 2.45) is 11.3 Å². The molecule has 0 aromatic heterocycles. The fraction of sp³-hybridized carbons (Fsp3) is 0.933. The Hall–Kier alpha value is -0.610. The van der Waals surface area contributed by atoms with E-state index < -0.39 is 11.4 Å². The van der Waals surface area contributed by atoms with Crippen molar-refractivity contribution < 1.29 is 14.6 Å². The van der Waals surface area contributed by atoms with Crippen molar-refractivity contribution >= 4 is 5.97 Å². The van der Waals surface area contributed by atoms with Gasteiger partial charge < -0.3 is 9.84 Å². The van der Waals surface area contributed by atoms with Gasteiger partial charge in [-0.05, 0) is 51.0 Å². The average molecular weight is 267 g/mol. The zero-order valence-corrected chi connectivity index (χ0v) is 11.6. The van der Waals surface area contributed by atoms with Crippen molar-refractivity contribution in [2.45, 2.75) is 51.0 Å². The fourth-order valence-corrected chi connectivity index (χ4v) is 4.36. The monoisotopic (exact) mass is 267 g/mol. The van der Waals surface area contributed by atoms with Crippen molar-refractivity contribution in [3.8, 4) is 0 Å². The van der Waals surface area contributed by atoms with Crippen LogP contribution < -0.4 is 0 Å². The molecule has 3 fully saturated rings. The van der Waals surface area contributed by atoms with Crippen LogP contribution in [0.25, 0.3) is 0 Å². The predicted molar refractivity (Wildman–Crippen MR) is 72.1 cm³/mol. The first-order chi connectivity index (χ1) is 9.21. The van der Waals surface area contributed by atoms with Crippen molar-refractivity contribution in [3.63, 3.8) is 0 Å². The molecule has 2 aliphatic heterocycles. The maximum absolute atomic E-state index is 11.7. The van der Waals surface area contributed by atoms with E-state index in [4.69, 9.17) is 4.74 Å². The molecule has 19 heavy (non-hydrogen) atoms. The Bertz CT molecular complexity index is 338. The molecule has 2 saturated heterocycles. The summed E-state index contributed by atoms with van der Waals surface area (Å²) in [7, 11) is 0. The van der Waals surface area contributed by atoms with Crippen LogP contribution in [0.2, 0.25) is 0 Å². The zero-order valence-electron chi connectivity index (χ0n) is 11.6. The molecule has 0 radical (unpaired) electrons. The second-order valence-electron chi connectivity index (χ2n) is 6.61. The molecule has 0 bridgehead atoms. The second kappa shape index (κ2) is 5.41. The number of piperidine rings is 1. The van der Waals surface area contributed by atoms with Crippen molar-refractivity contribution in [1.29, 1.82) is 0 Å². The number of fused-ring (bicyclic) bond motifs is 1. The first-order valence-corrected chi connectivity index (χ1v) is 7.76. The van der Waals surface area contributed by atoms with E-state index in [9.17, 15) is 9.90 Å². The van der Waals surface area contributed by atoms with Gasteiger partial charge in [-0.15, -0.1) is 0 Å². The van der Waals surface area contributed by atoms with Gasteiger partial charge in [0, 0.05) is 19.2 Å². The Balaban J connectivity index is 1.72. The third kappa shape index (κ3) is 2.52. The van der Waals surface area contributed by atoms with Crippen molar-refractivity contribution in [1.82, 2.24) is 4.90 Å². The first-order valence-electron chi connectivity index (χ1n) is 7.76. The van der Waals surface area contributed by atoms with E-state index in [0.717, 1.165) is 31.9 Å². The van der Waals surface area contributed by atoms with Crippen molar-refractivity contribution in [2.75, 3.05) is 26.3 Å². The van der Waals surface area contributed by atoms with Crippen molar-refractivity contribution in [3.05, 3.63) is 0 Å². The molecular weight excluding hydrogens is 242 g/mol. The molecule has 0 aromatic rings. The summed E-state index contributed by atoms with van der Waals surface area (Å²) >= 11 is 0. The Morgan fingerprint density at radius 2 is 2.11 bits per heavy atom. The quantitative estimate of drug-likeness (QED) is 0.851. The molecule has 4 nitrogen and oxygen atoms in total. The number of hydrogen-bond acceptors (Lipinski definition) is 3. The van der Waals surface area contributed by atoms with E-state index >= 15 is 0 Å². The minimum atomic E-state index is -0.660. The lowest BCUT2D eigenvalue weighted by atomic mass is 9.80. The smallest absolute Gasteiger partial charge is 0.313 e. The highest BCUT2D eigenvalue weighted by Crippen LogP contribution is 2.39.